The number of aliphatic carboxylic acids is 1. The predicted octanol–water partition coefficient (Wildman–Crippen LogP) is 4.88. The summed E-state index contributed by atoms with van der Waals surface area (Å²) in [5.41, 5.74) is 5.24. The minimum atomic E-state index is -0.775. The molecule has 1 unspecified atom stereocenters. The van der Waals surface area contributed by atoms with E-state index in [1.165, 1.54) is 5.56 Å². The van der Waals surface area contributed by atoms with Crippen LogP contribution in [0.5, 0.6) is 5.75 Å². The third kappa shape index (κ3) is 4.02. The van der Waals surface area contributed by atoms with Crippen molar-refractivity contribution in [1.82, 2.24) is 10.1 Å². The number of nitriles is 1. The van der Waals surface area contributed by atoms with Gasteiger partial charge in [-0.15, -0.1) is 0 Å². The number of carboxylic acid groups (broad SMARTS) is 1. The average Bonchev–Trinajstić information content (AvgIpc) is 3.36. The molecular formula is C24H23N3O4. The molecule has 2 aromatic carbocycles. The van der Waals surface area contributed by atoms with Crippen LogP contribution < -0.4 is 4.74 Å². The predicted molar refractivity (Wildman–Crippen MR) is 114 cm³/mol. The van der Waals surface area contributed by atoms with Crippen LogP contribution in [0.1, 0.15) is 54.9 Å². The zero-order valence-corrected chi connectivity index (χ0v) is 17.7. The topological polar surface area (TPSA) is 109 Å². The lowest BCUT2D eigenvalue weighted by Crippen LogP contribution is -2.06. The largest absolute Gasteiger partial charge is 0.490 e. The highest BCUT2D eigenvalue weighted by Crippen LogP contribution is 2.40. The van der Waals surface area contributed by atoms with Crippen LogP contribution in [0, 0.1) is 18.3 Å². The molecule has 31 heavy (non-hydrogen) atoms. The standard InChI is InChI=1S/C24H23N3O4/c1-13(2)30-21-9-5-16(10-17(21)12-25)23-26-24(31-27-23)19-7-8-20-15(11-22(28)29)4-6-18(20)14(19)3/h5,7-10,13,15H,4,6,11H2,1-3H3,(H,28,29). The molecule has 1 atom stereocenters. The fourth-order valence-corrected chi connectivity index (χ4v) is 4.18. The van der Waals surface area contributed by atoms with Crippen LogP contribution in [0.4, 0.5) is 0 Å². The first-order chi connectivity index (χ1) is 14.9. The van der Waals surface area contributed by atoms with Crippen molar-refractivity contribution in [2.24, 2.45) is 0 Å². The van der Waals surface area contributed by atoms with Crippen LogP contribution >= 0.6 is 0 Å². The van der Waals surface area contributed by atoms with E-state index in [4.69, 9.17) is 14.4 Å². The lowest BCUT2D eigenvalue weighted by molar-refractivity contribution is -0.137. The van der Waals surface area contributed by atoms with Gasteiger partial charge in [0, 0.05) is 11.1 Å². The molecule has 4 rings (SSSR count). The van der Waals surface area contributed by atoms with E-state index in [2.05, 4.69) is 16.2 Å². The number of benzene rings is 2. The minimum Gasteiger partial charge on any atom is -0.490 e. The number of ether oxygens (including phenoxy) is 1. The van der Waals surface area contributed by atoms with Crippen molar-refractivity contribution in [2.75, 3.05) is 0 Å². The summed E-state index contributed by atoms with van der Waals surface area (Å²) >= 11 is 0. The number of hydrogen-bond donors (Lipinski definition) is 1. The van der Waals surface area contributed by atoms with E-state index < -0.39 is 5.97 Å². The molecule has 0 radical (unpaired) electrons. The summed E-state index contributed by atoms with van der Waals surface area (Å²) in [6.45, 7) is 5.82. The van der Waals surface area contributed by atoms with Crippen molar-refractivity contribution in [3.8, 4) is 34.7 Å². The number of rotatable bonds is 6. The second-order valence-electron chi connectivity index (χ2n) is 8.05. The number of hydrogen-bond acceptors (Lipinski definition) is 6. The molecule has 0 aliphatic heterocycles. The molecule has 1 aromatic heterocycles. The van der Waals surface area contributed by atoms with Crippen molar-refractivity contribution >= 4 is 5.97 Å². The molecule has 1 aliphatic rings. The lowest BCUT2D eigenvalue weighted by atomic mass is 9.94. The van der Waals surface area contributed by atoms with E-state index >= 15 is 0 Å². The summed E-state index contributed by atoms with van der Waals surface area (Å²) in [4.78, 5) is 15.7. The molecule has 0 bridgehead atoms. The molecule has 0 saturated heterocycles. The minimum absolute atomic E-state index is 0.0346. The van der Waals surface area contributed by atoms with Gasteiger partial charge in [-0.2, -0.15) is 10.2 Å². The molecule has 0 fully saturated rings. The summed E-state index contributed by atoms with van der Waals surface area (Å²) in [5, 5.41) is 22.7. The lowest BCUT2D eigenvalue weighted by Gasteiger charge is -2.11. The van der Waals surface area contributed by atoms with Crippen LogP contribution in [-0.2, 0) is 11.2 Å². The van der Waals surface area contributed by atoms with Gasteiger partial charge in [-0.1, -0.05) is 11.2 Å². The zero-order valence-electron chi connectivity index (χ0n) is 17.7. The fraction of sp³-hybridized carbons (Fsp3) is 0.333. The van der Waals surface area contributed by atoms with Gasteiger partial charge in [0.25, 0.3) is 5.89 Å². The Balaban J connectivity index is 1.64. The van der Waals surface area contributed by atoms with E-state index in [9.17, 15) is 10.1 Å². The zero-order chi connectivity index (χ0) is 22.1. The van der Waals surface area contributed by atoms with Crippen LogP contribution in [0.15, 0.2) is 34.9 Å². The second kappa shape index (κ2) is 8.23. The Morgan fingerprint density at radius 1 is 1.35 bits per heavy atom. The molecule has 7 nitrogen and oxygen atoms in total. The Labute approximate surface area is 180 Å². The first kappa shape index (κ1) is 20.6. The van der Waals surface area contributed by atoms with Crippen molar-refractivity contribution in [2.45, 2.75) is 52.1 Å². The van der Waals surface area contributed by atoms with Crippen molar-refractivity contribution in [1.29, 1.82) is 5.26 Å². The molecular weight excluding hydrogens is 394 g/mol. The first-order valence-electron chi connectivity index (χ1n) is 10.3. The maximum Gasteiger partial charge on any atom is 0.303 e. The molecule has 0 saturated carbocycles. The SMILES string of the molecule is Cc1c(-c2nc(-c3ccc(OC(C)C)c(C#N)c3)no2)ccc2c1CCC2CC(=O)O. The van der Waals surface area contributed by atoms with Crippen molar-refractivity contribution in [3.05, 3.63) is 52.6 Å². The number of carboxylic acids is 1. The third-order valence-electron chi connectivity index (χ3n) is 5.62. The van der Waals surface area contributed by atoms with Crippen molar-refractivity contribution in [3.63, 3.8) is 0 Å². The number of fused-ring (bicyclic) bond motifs is 1. The number of carbonyl (C=O) groups is 1. The number of nitrogens with zero attached hydrogens (tertiary/aromatic N) is 3. The smallest absolute Gasteiger partial charge is 0.303 e. The van der Waals surface area contributed by atoms with Crippen molar-refractivity contribution < 1.29 is 19.2 Å². The van der Waals surface area contributed by atoms with Crippen LogP contribution in [0.2, 0.25) is 0 Å². The van der Waals surface area contributed by atoms with Gasteiger partial charge in [-0.25, -0.2) is 0 Å². The molecule has 7 heteroatoms. The number of aromatic nitrogens is 2. The summed E-state index contributed by atoms with van der Waals surface area (Å²) in [6.07, 6.45) is 1.79. The van der Waals surface area contributed by atoms with Gasteiger partial charge in [0.05, 0.1) is 18.1 Å². The molecule has 158 valence electrons. The van der Waals surface area contributed by atoms with Gasteiger partial charge in [0.2, 0.25) is 5.82 Å². The van der Waals surface area contributed by atoms with E-state index in [1.54, 1.807) is 18.2 Å². The third-order valence-corrected chi connectivity index (χ3v) is 5.62. The Bertz CT molecular complexity index is 1190. The summed E-state index contributed by atoms with van der Waals surface area (Å²) in [7, 11) is 0. The van der Waals surface area contributed by atoms with Gasteiger partial charge in [-0.3, -0.25) is 4.79 Å². The quantitative estimate of drug-likeness (QED) is 0.609. The average molecular weight is 417 g/mol. The highest BCUT2D eigenvalue weighted by molar-refractivity contribution is 5.70. The summed E-state index contributed by atoms with van der Waals surface area (Å²) < 4.78 is 11.2. The van der Waals surface area contributed by atoms with Crippen LogP contribution in [0.3, 0.4) is 0 Å². The molecule has 0 spiro atoms. The normalized spacial score (nSPS) is 15.0. The van der Waals surface area contributed by atoms with E-state index in [1.807, 2.05) is 32.9 Å². The summed E-state index contributed by atoms with van der Waals surface area (Å²) in [5.74, 6) is 0.594. The van der Waals surface area contributed by atoms with E-state index in [0.717, 1.165) is 29.5 Å². The monoisotopic (exact) mass is 417 g/mol. The maximum atomic E-state index is 11.1. The van der Waals surface area contributed by atoms with Gasteiger partial charge < -0.3 is 14.4 Å². The highest BCUT2D eigenvalue weighted by Gasteiger charge is 2.28. The molecule has 1 N–H and O–H groups in total. The van der Waals surface area contributed by atoms with Gasteiger partial charge in [0.1, 0.15) is 11.8 Å². The van der Waals surface area contributed by atoms with Gasteiger partial charge in [0.15, 0.2) is 0 Å². The Hall–Kier alpha value is -3.66. The summed E-state index contributed by atoms with van der Waals surface area (Å²) in [6, 6.07) is 11.3. The molecule has 0 amide bonds. The highest BCUT2D eigenvalue weighted by atomic mass is 16.5. The Kier molecular flexibility index (Phi) is 5.47. The first-order valence-corrected chi connectivity index (χ1v) is 10.3. The van der Waals surface area contributed by atoms with Gasteiger partial charge in [-0.05, 0) is 80.5 Å². The van der Waals surface area contributed by atoms with E-state index in [-0.39, 0.29) is 18.4 Å². The Morgan fingerprint density at radius 2 is 2.16 bits per heavy atom. The van der Waals surface area contributed by atoms with Crippen LogP contribution in [-0.4, -0.2) is 27.3 Å². The fourth-order valence-electron chi connectivity index (χ4n) is 4.18. The Morgan fingerprint density at radius 3 is 2.87 bits per heavy atom. The molecule has 1 heterocycles. The molecule has 1 aliphatic carbocycles. The van der Waals surface area contributed by atoms with Crippen LogP contribution in [0.25, 0.3) is 22.8 Å². The van der Waals surface area contributed by atoms with E-state index in [0.29, 0.717) is 28.6 Å². The van der Waals surface area contributed by atoms with Gasteiger partial charge >= 0.3 is 5.97 Å². The molecule has 3 aromatic rings. The second-order valence-corrected chi connectivity index (χ2v) is 8.05. The maximum absolute atomic E-state index is 11.1.